The molecule has 0 unspecified atom stereocenters. The third-order valence-electron chi connectivity index (χ3n) is 4.12. The molecule has 1 N–H and O–H groups in total. The average molecular weight is 344 g/mol. The molecule has 3 aromatic carbocycles. The standard InChI is InChI=1S/C21H16N2O3/c1-25-17-10-8-16(9-11-17)22-21(24)15-7-12-18-19(13-15)23-26-20(18)14-5-3-2-4-6-14/h2-13H,1H3,(H,22,24). The van der Waals surface area contributed by atoms with Gasteiger partial charge in [-0.1, -0.05) is 35.5 Å². The van der Waals surface area contributed by atoms with Crippen LogP contribution in [0.15, 0.2) is 77.3 Å². The minimum absolute atomic E-state index is 0.207. The Hall–Kier alpha value is -3.60. The summed E-state index contributed by atoms with van der Waals surface area (Å²) >= 11 is 0. The number of fused-ring (bicyclic) bond motifs is 1. The van der Waals surface area contributed by atoms with Gasteiger partial charge in [0.2, 0.25) is 0 Å². The molecule has 0 radical (unpaired) electrons. The molecule has 0 fully saturated rings. The monoisotopic (exact) mass is 344 g/mol. The lowest BCUT2D eigenvalue weighted by Gasteiger charge is -2.06. The number of nitrogens with zero attached hydrogens (tertiary/aromatic N) is 1. The molecule has 5 nitrogen and oxygen atoms in total. The number of hydrogen-bond donors (Lipinski definition) is 1. The molecule has 128 valence electrons. The van der Waals surface area contributed by atoms with Gasteiger partial charge in [-0.25, -0.2) is 0 Å². The molecular weight excluding hydrogens is 328 g/mol. The van der Waals surface area contributed by atoms with Gasteiger partial charge in [-0.3, -0.25) is 4.79 Å². The van der Waals surface area contributed by atoms with Crippen LogP contribution in [-0.4, -0.2) is 18.2 Å². The molecule has 0 saturated carbocycles. The van der Waals surface area contributed by atoms with Crippen molar-refractivity contribution in [1.82, 2.24) is 5.16 Å². The fourth-order valence-corrected chi connectivity index (χ4v) is 2.76. The van der Waals surface area contributed by atoms with Gasteiger partial charge in [0, 0.05) is 22.2 Å². The number of methoxy groups -OCH3 is 1. The Kier molecular flexibility index (Phi) is 4.11. The number of benzene rings is 3. The molecule has 0 spiro atoms. The summed E-state index contributed by atoms with van der Waals surface area (Å²) in [5, 5.41) is 7.83. The molecule has 0 saturated heterocycles. The van der Waals surface area contributed by atoms with E-state index in [2.05, 4.69) is 10.5 Å². The van der Waals surface area contributed by atoms with E-state index in [0.717, 1.165) is 16.7 Å². The van der Waals surface area contributed by atoms with Gasteiger partial charge in [0.15, 0.2) is 5.76 Å². The van der Waals surface area contributed by atoms with Crippen LogP contribution in [0.2, 0.25) is 0 Å². The number of amides is 1. The van der Waals surface area contributed by atoms with Gasteiger partial charge in [0.1, 0.15) is 11.3 Å². The maximum absolute atomic E-state index is 12.5. The molecule has 1 heterocycles. The Labute approximate surface area is 150 Å². The summed E-state index contributed by atoms with van der Waals surface area (Å²) < 4.78 is 10.6. The lowest BCUT2D eigenvalue weighted by Crippen LogP contribution is -2.11. The average Bonchev–Trinajstić information content (AvgIpc) is 3.12. The fraction of sp³-hybridized carbons (Fsp3) is 0.0476. The second-order valence-electron chi connectivity index (χ2n) is 5.79. The zero-order chi connectivity index (χ0) is 17.9. The third kappa shape index (κ3) is 3.02. The summed E-state index contributed by atoms with van der Waals surface area (Å²) in [6.07, 6.45) is 0. The van der Waals surface area contributed by atoms with Gasteiger partial charge in [-0.05, 0) is 42.5 Å². The van der Waals surface area contributed by atoms with Crippen LogP contribution in [0.1, 0.15) is 10.4 Å². The Morgan fingerprint density at radius 3 is 2.50 bits per heavy atom. The number of carbonyl (C=O) groups excluding carboxylic acids is 1. The van der Waals surface area contributed by atoms with Crippen LogP contribution in [0, 0.1) is 0 Å². The van der Waals surface area contributed by atoms with Gasteiger partial charge in [-0.2, -0.15) is 0 Å². The number of aromatic nitrogens is 1. The molecule has 4 rings (SSSR count). The summed E-state index contributed by atoms with van der Waals surface area (Å²) in [4.78, 5) is 12.5. The second-order valence-corrected chi connectivity index (χ2v) is 5.79. The summed E-state index contributed by atoms with van der Waals surface area (Å²) in [6.45, 7) is 0. The van der Waals surface area contributed by atoms with E-state index in [-0.39, 0.29) is 5.91 Å². The van der Waals surface area contributed by atoms with Crippen LogP contribution in [0.5, 0.6) is 5.75 Å². The van der Waals surface area contributed by atoms with Crippen molar-refractivity contribution in [2.24, 2.45) is 0 Å². The van der Waals surface area contributed by atoms with E-state index in [1.165, 1.54) is 0 Å². The molecular formula is C21H16N2O3. The van der Waals surface area contributed by atoms with Crippen LogP contribution in [-0.2, 0) is 0 Å². The van der Waals surface area contributed by atoms with E-state index in [0.29, 0.717) is 22.5 Å². The summed E-state index contributed by atoms with van der Waals surface area (Å²) in [5.41, 5.74) is 2.80. The Bertz CT molecular complexity index is 1050. The van der Waals surface area contributed by atoms with Crippen molar-refractivity contribution in [3.63, 3.8) is 0 Å². The molecule has 0 aliphatic carbocycles. The quantitative estimate of drug-likeness (QED) is 0.580. The maximum atomic E-state index is 12.5. The summed E-state index contributed by atoms with van der Waals surface area (Å²) in [5.74, 6) is 1.23. The van der Waals surface area contributed by atoms with Crippen molar-refractivity contribution >= 4 is 22.5 Å². The first-order chi connectivity index (χ1) is 12.7. The zero-order valence-electron chi connectivity index (χ0n) is 14.1. The molecule has 0 atom stereocenters. The van der Waals surface area contributed by atoms with Crippen LogP contribution < -0.4 is 10.1 Å². The fourth-order valence-electron chi connectivity index (χ4n) is 2.76. The molecule has 26 heavy (non-hydrogen) atoms. The van der Waals surface area contributed by atoms with Crippen molar-refractivity contribution in [1.29, 1.82) is 0 Å². The first kappa shape index (κ1) is 15.9. The van der Waals surface area contributed by atoms with Crippen molar-refractivity contribution < 1.29 is 14.1 Å². The largest absolute Gasteiger partial charge is 0.497 e. The highest BCUT2D eigenvalue weighted by Crippen LogP contribution is 2.29. The second kappa shape index (κ2) is 6.72. The van der Waals surface area contributed by atoms with Crippen LogP contribution in [0.4, 0.5) is 5.69 Å². The van der Waals surface area contributed by atoms with Gasteiger partial charge in [0.05, 0.1) is 7.11 Å². The Morgan fingerprint density at radius 1 is 1.00 bits per heavy atom. The molecule has 1 aromatic heterocycles. The van der Waals surface area contributed by atoms with E-state index in [4.69, 9.17) is 9.26 Å². The van der Waals surface area contributed by atoms with Gasteiger partial charge >= 0.3 is 0 Å². The van der Waals surface area contributed by atoms with Crippen LogP contribution in [0.25, 0.3) is 22.2 Å². The van der Waals surface area contributed by atoms with Gasteiger partial charge in [-0.15, -0.1) is 0 Å². The van der Waals surface area contributed by atoms with Crippen molar-refractivity contribution in [3.05, 3.63) is 78.4 Å². The molecule has 0 aliphatic rings. The van der Waals surface area contributed by atoms with Crippen LogP contribution >= 0.6 is 0 Å². The maximum Gasteiger partial charge on any atom is 0.255 e. The Balaban J connectivity index is 1.60. The number of ether oxygens (including phenoxy) is 1. The lowest BCUT2D eigenvalue weighted by atomic mass is 10.1. The molecule has 1 amide bonds. The molecule has 0 bridgehead atoms. The van der Waals surface area contributed by atoms with Gasteiger partial charge in [0.25, 0.3) is 5.91 Å². The predicted octanol–water partition coefficient (Wildman–Crippen LogP) is 4.76. The summed E-state index contributed by atoms with van der Waals surface area (Å²) in [6, 6.07) is 22.3. The van der Waals surface area contributed by atoms with E-state index in [9.17, 15) is 4.79 Å². The number of hydrogen-bond acceptors (Lipinski definition) is 4. The first-order valence-electron chi connectivity index (χ1n) is 8.15. The van der Waals surface area contributed by atoms with E-state index < -0.39 is 0 Å². The smallest absolute Gasteiger partial charge is 0.255 e. The highest BCUT2D eigenvalue weighted by Gasteiger charge is 2.13. The topological polar surface area (TPSA) is 64.4 Å². The zero-order valence-corrected chi connectivity index (χ0v) is 14.1. The minimum Gasteiger partial charge on any atom is -0.497 e. The number of carbonyl (C=O) groups is 1. The molecule has 4 aromatic rings. The van der Waals surface area contributed by atoms with Crippen molar-refractivity contribution in [2.75, 3.05) is 12.4 Å². The van der Waals surface area contributed by atoms with E-state index in [1.807, 2.05) is 36.4 Å². The minimum atomic E-state index is -0.207. The van der Waals surface area contributed by atoms with E-state index in [1.54, 1.807) is 43.5 Å². The SMILES string of the molecule is COc1ccc(NC(=O)c2ccc3c(-c4ccccc4)onc3c2)cc1. The lowest BCUT2D eigenvalue weighted by molar-refractivity contribution is 0.102. The van der Waals surface area contributed by atoms with Gasteiger partial charge < -0.3 is 14.6 Å². The molecule has 0 aliphatic heterocycles. The highest BCUT2D eigenvalue weighted by atomic mass is 16.5. The van der Waals surface area contributed by atoms with Crippen molar-refractivity contribution in [3.8, 4) is 17.1 Å². The molecule has 5 heteroatoms. The number of nitrogens with one attached hydrogen (secondary N) is 1. The third-order valence-corrected chi connectivity index (χ3v) is 4.12. The van der Waals surface area contributed by atoms with E-state index >= 15 is 0 Å². The van der Waals surface area contributed by atoms with Crippen molar-refractivity contribution in [2.45, 2.75) is 0 Å². The summed E-state index contributed by atoms with van der Waals surface area (Å²) in [7, 11) is 1.60. The highest BCUT2D eigenvalue weighted by molar-refractivity contribution is 6.07. The first-order valence-corrected chi connectivity index (χ1v) is 8.15. The number of rotatable bonds is 4. The van der Waals surface area contributed by atoms with Crippen LogP contribution in [0.3, 0.4) is 0 Å². The number of anilines is 1. The Morgan fingerprint density at radius 2 is 1.77 bits per heavy atom. The normalized spacial score (nSPS) is 10.7. The predicted molar refractivity (Wildman–Crippen MR) is 100 cm³/mol.